The van der Waals surface area contributed by atoms with Crippen molar-refractivity contribution in [3.05, 3.63) is 28.8 Å². The van der Waals surface area contributed by atoms with Gasteiger partial charge in [-0.25, -0.2) is 4.79 Å². The van der Waals surface area contributed by atoms with Gasteiger partial charge in [0.1, 0.15) is 11.3 Å². The lowest BCUT2D eigenvalue weighted by molar-refractivity contribution is -0.130. The molecular weight excluding hydrogens is 346 g/mol. The van der Waals surface area contributed by atoms with Crippen molar-refractivity contribution in [2.24, 2.45) is 0 Å². The Bertz CT molecular complexity index is 743. The van der Waals surface area contributed by atoms with Gasteiger partial charge in [-0.2, -0.15) is 0 Å². The fraction of sp³-hybridized carbons (Fsp3) is 0.550. The highest BCUT2D eigenvalue weighted by Gasteiger charge is 2.43. The van der Waals surface area contributed by atoms with Gasteiger partial charge in [-0.3, -0.25) is 14.5 Å². The molecule has 7 heteroatoms. The largest absolute Gasteiger partial charge is 0.493 e. The molecule has 1 saturated heterocycles. The summed E-state index contributed by atoms with van der Waals surface area (Å²) in [5.41, 5.74) is 2.57. The zero-order valence-electron chi connectivity index (χ0n) is 16.8. The van der Waals surface area contributed by atoms with E-state index in [-0.39, 0.29) is 24.8 Å². The number of nitrogens with one attached hydrogen (secondary N) is 2. The number of urea groups is 1. The van der Waals surface area contributed by atoms with E-state index in [1.165, 1.54) is 5.56 Å². The number of hydrogen-bond acceptors (Lipinski definition) is 4. The van der Waals surface area contributed by atoms with E-state index < -0.39 is 11.6 Å². The maximum absolute atomic E-state index is 12.1. The fourth-order valence-corrected chi connectivity index (χ4v) is 2.96. The van der Waals surface area contributed by atoms with Crippen LogP contribution in [0.15, 0.2) is 12.1 Å². The second-order valence-corrected chi connectivity index (χ2v) is 7.52. The van der Waals surface area contributed by atoms with Crippen LogP contribution in [-0.2, 0) is 9.59 Å². The molecule has 0 bridgehead atoms. The van der Waals surface area contributed by atoms with Gasteiger partial charge in [0, 0.05) is 19.5 Å². The minimum absolute atomic E-state index is 0.0815. The second-order valence-electron chi connectivity index (χ2n) is 7.52. The number of amides is 4. The predicted octanol–water partition coefficient (Wildman–Crippen LogP) is 2.22. The highest BCUT2D eigenvalue weighted by molar-refractivity contribution is 6.06. The molecule has 0 saturated carbocycles. The van der Waals surface area contributed by atoms with Crippen molar-refractivity contribution in [2.75, 3.05) is 19.7 Å². The number of carbonyl (C=O) groups excluding carboxylic acids is 3. The molecule has 0 radical (unpaired) electrons. The Labute approximate surface area is 160 Å². The Morgan fingerprint density at radius 1 is 1.22 bits per heavy atom. The summed E-state index contributed by atoms with van der Waals surface area (Å²) < 4.78 is 5.82. The van der Waals surface area contributed by atoms with Crippen LogP contribution in [0.5, 0.6) is 5.75 Å². The summed E-state index contributed by atoms with van der Waals surface area (Å²) in [6.45, 7) is 10.5. The third-order valence-electron chi connectivity index (χ3n) is 4.67. The van der Waals surface area contributed by atoms with E-state index in [1.807, 2.05) is 19.9 Å². The van der Waals surface area contributed by atoms with Gasteiger partial charge in [-0.15, -0.1) is 0 Å². The molecule has 0 aromatic heterocycles. The maximum Gasteiger partial charge on any atom is 0.325 e. The van der Waals surface area contributed by atoms with Gasteiger partial charge in [0.25, 0.3) is 5.91 Å². The first kappa shape index (κ1) is 20.7. The Balaban J connectivity index is 1.67. The van der Waals surface area contributed by atoms with Crippen LogP contribution >= 0.6 is 0 Å². The number of aryl methyl sites for hydroxylation is 2. The van der Waals surface area contributed by atoms with E-state index >= 15 is 0 Å². The number of hydrogen-bond donors (Lipinski definition) is 2. The van der Waals surface area contributed by atoms with Crippen LogP contribution in [0.2, 0.25) is 0 Å². The first-order valence-electron chi connectivity index (χ1n) is 9.23. The molecule has 1 aromatic carbocycles. The van der Waals surface area contributed by atoms with Crippen molar-refractivity contribution in [3.63, 3.8) is 0 Å². The van der Waals surface area contributed by atoms with E-state index in [0.29, 0.717) is 19.6 Å². The molecular formula is C20H29N3O4. The van der Waals surface area contributed by atoms with Gasteiger partial charge in [-0.05, 0) is 63.8 Å². The van der Waals surface area contributed by atoms with Crippen LogP contribution in [-0.4, -0.2) is 48.0 Å². The van der Waals surface area contributed by atoms with Crippen LogP contribution in [0, 0.1) is 20.8 Å². The summed E-state index contributed by atoms with van der Waals surface area (Å²) in [4.78, 5) is 36.8. The standard InChI is InChI=1S/C20H29N3O4/c1-13-11-14(2)15(3)16(12-13)27-10-6-8-21-17(24)7-9-23-18(25)20(4,5)22-19(23)26/h11-12H,6-10H2,1-5H3,(H,21,24)(H,22,26). The van der Waals surface area contributed by atoms with Gasteiger partial charge in [0.15, 0.2) is 0 Å². The third kappa shape index (κ3) is 5.21. The van der Waals surface area contributed by atoms with Crippen molar-refractivity contribution in [1.82, 2.24) is 15.5 Å². The van der Waals surface area contributed by atoms with Crippen LogP contribution in [0.4, 0.5) is 4.79 Å². The quantitative estimate of drug-likeness (QED) is 0.539. The monoisotopic (exact) mass is 375 g/mol. The molecule has 27 heavy (non-hydrogen) atoms. The number of benzene rings is 1. The van der Waals surface area contributed by atoms with Gasteiger partial charge in [0.05, 0.1) is 6.61 Å². The van der Waals surface area contributed by atoms with Crippen molar-refractivity contribution in [3.8, 4) is 5.75 Å². The molecule has 7 nitrogen and oxygen atoms in total. The number of carbonyl (C=O) groups is 3. The van der Waals surface area contributed by atoms with Crippen LogP contribution in [0.3, 0.4) is 0 Å². The molecule has 4 amide bonds. The van der Waals surface area contributed by atoms with E-state index in [9.17, 15) is 14.4 Å². The van der Waals surface area contributed by atoms with E-state index in [2.05, 4.69) is 23.6 Å². The summed E-state index contributed by atoms with van der Waals surface area (Å²) in [5.74, 6) is 0.375. The van der Waals surface area contributed by atoms with Crippen LogP contribution < -0.4 is 15.4 Å². The molecule has 1 aliphatic rings. The molecule has 2 rings (SSSR count). The number of nitrogens with zero attached hydrogens (tertiary/aromatic N) is 1. The molecule has 1 aliphatic heterocycles. The smallest absolute Gasteiger partial charge is 0.325 e. The average Bonchev–Trinajstić information content (AvgIpc) is 2.77. The molecule has 0 spiro atoms. The number of imide groups is 1. The summed E-state index contributed by atoms with van der Waals surface area (Å²) in [5, 5.41) is 5.39. The normalized spacial score (nSPS) is 15.7. The number of ether oxygens (including phenoxy) is 1. The van der Waals surface area contributed by atoms with Crippen molar-refractivity contribution >= 4 is 17.8 Å². The minimum Gasteiger partial charge on any atom is -0.493 e. The molecule has 0 unspecified atom stereocenters. The zero-order chi connectivity index (χ0) is 20.2. The maximum atomic E-state index is 12.1. The van der Waals surface area contributed by atoms with Crippen LogP contribution in [0.1, 0.15) is 43.4 Å². The summed E-state index contributed by atoms with van der Waals surface area (Å²) in [7, 11) is 0. The van der Waals surface area contributed by atoms with Gasteiger partial charge >= 0.3 is 6.03 Å². The van der Waals surface area contributed by atoms with Gasteiger partial charge in [0.2, 0.25) is 5.91 Å². The van der Waals surface area contributed by atoms with Crippen LogP contribution in [0.25, 0.3) is 0 Å². The summed E-state index contributed by atoms with van der Waals surface area (Å²) in [6.07, 6.45) is 0.764. The first-order valence-corrected chi connectivity index (χ1v) is 9.23. The SMILES string of the molecule is Cc1cc(C)c(C)c(OCCCNC(=O)CCN2C(=O)NC(C)(C)C2=O)c1. The lowest BCUT2D eigenvalue weighted by Crippen LogP contribution is -2.40. The topological polar surface area (TPSA) is 87.7 Å². The first-order chi connectivity index (χ1) is 12.6. The lowest BCUT2D eigenvalue weighted by Gasteiger charge is -2.16. The lowest BCUT2D eigenvalue weighted by atomic mass is 10.1. The molecule has 148 valence electrons. The average molecular weight is 375 g/mol. The second kappa shape index (κ2) is 8.41. The minimum atomic E-state index is -0.906. The number of rotatable bonds is 8. The van der Waals surface area contributed by atoms with Crippen molar-refractivity contribution in [2.45, 2.75) is 53.0 Å². The molecule has 0 atom stereocenters. The highest BCUT2D eigenvalue weighted by Crippen LogP contribution is 2.23. The Morgan fingerprint density at radius 2 is 1.93 bits per heavy atom. The summed E-state index contributed by atoms with van der Waals surface area (Å²) >= 11 is 0. The molecule has 1 heterocycles. The van der Waals surface area contributed by atoms with E-state index in [4.69, 9.17) is 4.74 Å². The van der Waals surface area contributed by atoms with Crippen molar-refractivity contribution < 1.29 is 19.1 Å². The Kier molecular flexibility index (Phi) is 6.46. The Morgan fingerprint density at radius 3 is 2.56 bits per heavy atom. The predicted molar refractivity (Wildman–Crippen MR) is 103 cm³/mol. The third-order valence-corrected chi connectivity index (χ3v) is 4.67. The highest BCUT2D eigenvalue weighted by atomic mass is 16.5. The molecule has 1 aromatic rings. The van der Waals surface area contributed by atoms with E-state index in [0.717, 1.165) is 21.8 Å². The van der Waals surface area contributed by atoms with Gasteiger partial charge in [-0.1, -0.05) is 6.07 Å². The van der Waals surface area contributed by atoms with Crippen molar-refractivity contribution in [1.29, 1.82) is 0 Å². The summed E-state index contributed by atoms with van der Waals surface area (Å²) in [6, 6.07) is 3.69. The Hall–Kier alpha value is -2.57. The van der Waals surface area contributed by atoms with Gasteiger partial charge < -0.3 is 15.4 Å². The molecule has 2 N–H and O–H groups in total. The molecule has 1 fully saturated rings. The van der Waals surface area contributed by atoms with E-state index in [1.54, 1.807) is 13.8 Å². The molecule has 0 aliphatic carbocycles. The zero-order valence-corrected chi connectivity index (χ0v) is 16.8. The fourth-order valence-electron chi connectivity index (χ4n) is 2.96.